The molecular formula is C15H31LiO4S. The van der Waals surface area contributed by atoms with Crippen molar-refractivity contribution in [3.63, 3.8) is 0 Å². The molecule has 0 bridgehead atoms. The summed E-state index contributed by atoms with van der Waals surface area (Å²) in [6, 6.07) is 0. The first-order valence-electron chi connectivity index (χ1n) is 8.10. The van der Waals surface area contributed by atoms with E-state index < -0.39 is 10.1 Å². The number of unbranched alkanes of at least 4 members (excludes halogenated alkanes) is 12. The molecule has 0 aliphatic carbocycles. The minimum atomic E-state index is -4.00. The van der Waals surface area contributed by atoms with Gasteiger partial charge in [-0.3, -0.25) is 0 Å². The Kier molecular flexibility index (Phi) is 19.0. The zero-order chi connectivity index (χ0) is 15.1. The second kappa shape index (κ2) is 16.8. The van der Waals surface area contributed by atoms with E-state index in [1.54, 1.807) is 0 Å². The predicted octanol–water partition coefficient (Wildman–Crippen LogP) is 0.599. The van der Waals surface area contributed by atoms with Gasteiger partial charge in [0.15, 0.2) is 0 Å². The van der Waals surface area contributed by atoms with Gasteiger partial charge in [-0.15, -0.1) is 0 Å². The molecule has 0 saturated carbocycles. The minimum absolute atomic E-state index is 0. The number of hydrogen-bond donors (Lipinski definition) is 1. The van der Waals surface area contributed by atoms with Crippen molar-refractivity contribution in [1.29, 1.82) is 0 Å². The van der Waals surface area contributed by atoms with Gasteiger partial charge in [-0.2, -0.15) is 0 Å². The molecule has 0 radical (unpaired) electrons. The van der Waals surface area contributed by atoms with E-state index in [2.05, 4.69) is 0 Å². The Morgan fingerprint density at radius 1 is 0.619 bits per heavy atom. The van der Waals surface area contributed by atoms with Crippen molar-refractivity contribution < 1.29 is 36.9 Å². The Morgan fingerprint density at radius 3 is 1.19 bits per heavy atom. The number of aliphatic hydroxyl groups excluding tert-OH is 1. The van der Waals surface area contributed by atoms with Gasteiger partial charge in [0.05, 0.1) is 10.1 Å². The molecule has 0 aromatic rings. The quantitative estimate of drug-likeness (QED) is 0.273. The van der Waals surface area contributed by atoms with Crippen LogP contribution >= 0.6 is 0 Å². The monoisotopic (exact) mass is 314 g/mol. The fraction of sp³-hybridized carbons (Fsp3) is 1.00. The van der Waals surface area contributed by atoms with Gasteiger partial charge in [0.1, 0.15) is 0 Å². The first-order valence-corrected chi connectivity index (χ1v) is 9.68. The molecule has 0 aliphatic heterocycles. The van der Waals surface area contributed by atoms with E-state index in [-0.39, 0.29) is 24.6 Å². The topological polar surface area (TPSA) is 77.4 Å². The number of rotatable bonds is 15. The van der Waals surface area contributed by atoms with Gasteiger partial charge in [0.25, 0.3) is 0 Å². The third-order valence-corrected chi connectivity index (χ3v) is 4.34. The maximum absolute atomic E-state index is 10.4. The van der Waals surface area contributed by atoms with Crippen LogP contribution in [0.5, 0.6) is 0 Å². The van der Waals surface area contributed by atoms with Crippen LogP contribution in [0.1, 0.15) is 83.5 Å². The normalized spacial score (nSPS) is 11.3. The molecular weight excluding hydrogens is 283 g/mol. The zero-order valence-corrected chi connectivity index (χ0v) is 14.5. The van der Waals surface area contributed by atoms with Crippen molar-refractivity contribution in [2.75, 3.05) is 12.4 Å². The summed E-state index contributed by atoms with van der Waals surface area (Å²) in [6.07, 6.45) is 14.5. The third-order valence-electron chi connectivity index (χ3n) is 3.55. The molecule has 1 N–H and O–H groups in total. The summed E-state index contributed by atoms with van der Waals surface area (Å²) in [7, 11) is -4.00. The van der Waals surface area contributed by atoms with E-state index in [9.17, 15) is 13.0 Å². The van der Waals surface area contributed by atoms with E-state index >= 15 is 0 Å². The minimum Gasteiger partial charge on any atom is -0.748 e. The van der Waals surface area contributed by atoms with Crippen LogP contribution in [0.2, 0.25) is 0 Å². The Balaban J connectivity index is 0. The molecule has 0 atom stereocenters. The van der Waals surface area contributed by atoms with Gasteiger partial charge in [0.2, 0.25) is 0 Å². The molecule has 0 heterocycles. The molecule has 6 heteroatoms. The predicted molar refractivity (Wildman–Crippen MR) is 81.7 cm³/mol. The Morgan fingerprint density at radius 2 is 0.905 bits per heavy atom. The van der Waals surface area contributed by atoms with Crippen LogP contribution in [0.3, 0.4) is 0 Å². The summed E-state index contributed by atoms with van der Waals surface area (Å²) in [6.45, 7) is 0.320. The second-order valence-electron chi connectivity index (χ2n) is 5.58. The Labute approximate surface area is 143 Å². The zero-order valence-electron chi connectivity index (χ0n) is 13.7. The third kappa shape index (κ3) is 22.9. The van der Waals surface area contributed by atoms with Gasteiger partial charge < -0.3 is 9.66 Å². The largest absolute Gasteiger partial charge is 1.00 e. The van der Waals surface area contributed by atoms with Crippen LogP contribution < -0.4 is 18.9 Å². The molecule has 0 amide bonds. The average Bonchev–Trinajstić information content (AvgIpc) is 2.38. The summed E-state index contributed by atoms with van der Waals surface area (Å²) in [5, 5.41) is 8.64. The molecule has 0 spiro atoms. The maximum Gasteiger partial charge on any atom is 1.00 e. The van der Waals surface area contributed by atoms with E-state index in [1.165, 1.54) is 44.9 Å². The van der Waals surface area contributed by atoms with Crippen LogP contribution in [-0.2, 0) is 10.1 Å². The van der Waals surface area contributed by atoms with Crippen LogP contribution in [0, 0.1) is 0 Å². The smallest absolute Gasteiger partial charge is 0.748 e. The molecule has 0 fully saturated rings. The molecule has 0 aliphatic rings. The SMILES string of the molecule is O=S(=O)([O-])CCCCCCCCCCCCCCCO.[Li+]. The fourth-order valence-corrected chi connectivity index (χ4v) is 2.89. The van der Waals surface area contributed by atoms with Crippen molar-refractivity contribution in [3.05, 3.63) is 0 Å². The summed E-state index contributed by atoms with van der Waals surface area (Å²) in [4.78, 5) is 0. The van der Waals surface area contributed by atoms with Crippen LogP contribution in [0.15, 0.2) is 0 Å². The van der Waals surface area contributed by atoms with Crippen molar-refractivity contribution in [2.45, 2.75) is 83.5 Å². The number of hydrogen-bond acceptors (Lipinski definition) is 4. The first-order chi connectivity index (χ1) is 9.56. The summed E-state index contributed by atoms with van der Waals surface area (Å²) in [5.74, 6) is -0.205. The first kappa shape index (κ1) is 23.7. The second-order valence-corrected chi connectivity index (χ2v) is 7.11. The van der Waals surface area contributed by atoms with E-state index in [4.69, 9.17) is 5.11 Å². The molecule has 21 heavy (non-hydrogen) atoms. The van der Waals surface area contributed by atoms with Crippen LogP contribution in [-0.4, -0.2) is 30.4 Å². The average molecular weight is 314 g/mol. The molecule has 0 unspecified atom stereocenters. The molecule has 0 aromatic carbocycles. The van der Waals surface area contributed by atoms with Gasteiger partial charge in [-0.1, -0.05) is 70.6 Å². The van der Waals surface area contributed by atoms with Crippen molar-refractivity contribution in [1.82, 2.24) is 0 Å². The molecule has 122 valence electrons. The van der Waals surface area contributed by atoms with Gasteiger partial charge in [-0.25, -0.2) is 8.42 Å². The van der Waals surface area contributed by atoms with Crippen molar-refractivity contribution in [3.8, 4) is 0 Å². The maximum atomic E-state index is 10.4. The molecule has 4 nitrogen and oxygen atoms in total. The van der Waals surface area contributed by atoms with E-state index in [0.717, 1.165) is 32.1 Å². The molecule has 0 aromatic heterocycles. The van der Waals surface area contributed by atoms with Crippen molar-refractivity contribution >= 4 is 10.1 Å². The summed E-state index contributed by atoms with van der Waals surface area (Å²) < 4.78 is 31.1. The summed E-state index contributed by atoms with van der Waals surface area (Å²) in [5.41, 5.74) is 0. The van der Waals surface area contributed by atoms with Crippen LogP contribution in [0.25, 0.3) is 0 Å². The van der Waals surface area contributed by atoms with Gasteiger partial charge in [0, 0.05) is 12.4 Å². The van der Waals surface area contributed by atoms with E-state index in [0.29, 0.717) is 13.0 Å². The molecule has 0 rings (SSSR count). The van der Waals surface area contributed by atoms with Crippen LogP contribution in [0.4, 0.5) is 0 Å². The van der Waals surface area contributed by atoms with Gasteiger partial charge in [-0.05, 0) is 12.8 Å². The van der Waals surface area contributed by atoms with Gasteiger partial charge >= 0.3 is 18.9 Å². The summed E-state index contributed by atoms with van der Waals surface area (Å²) >= 11 is 0. The standard InChI is InChI=1S/C15H32O4S.Li/c16-14-12-10-8-6-4-2-1-3-5-7-9-11-13-15-20(17,18)19;/h16H,1-15H2,(H,17,18,19);/q;+1/p-1. The fourth-order valence-electron chi connectivity index (χ4n) is 2.34. The van der Waals surface area contributed by atoms with Crippen molar-refractivity contribution in [2.24, 2.45) is 0 Å². The Hall–Kier alpha value is 0.467. The number of aliphatic hydroxyl groups is 1. The molecule has 0 saturated heterocycles. The van der Waals surface area contributed by atoms with E-state index in [1.807, 2.05) is 0 Å². The Bertz CT molecular complexity index is 294.